The third-order valence-electron chi connectivity index (χ3n) is 5.06. The molecule has 4 nitrogen and oxygen atoms in total. The molecule has 2 aromatic rings. The minimum atomic E-state index is -3.41. The number of piperazine rings is 1. The Kier molecular flexibility index (Phi) is 5.45. The predicted octanol–water partition coefficient (Wildman–Crippen LogP) is 3.71. The van der Waals surface area contributed by atoms with E-state index in [9.17, 15) is 8.42 Å². The minimum absolute atomic E-state index is 0.396. The van der Waals surface area contributed by atoms with E-state index in [1.54, 1.807) is 16.4 Å². The van der Waals surface area contributed by atoms with Gasteiger partial charge in [-0.1, -0.05) is 44.2 Å². The molecule has 1 aliphatic rings. The summed E-state index contributed by atoms with van der Waals surface area (Å²) in [6, 6.07) is 17.5. The molecular formula is C20H26N2O2S. The number of para-hydroxylation sites is 1. The normalized spacial score (nSPS) is 17.4. The molecule has 1 unspecified atom stereocenters. The van der Waals surface area contributed by atoms with Crippen LogP contribution >= 0.6 is 0 Å². The van der Waals surface area contributed by atoms with Crippen molar-refractivity contribution < 1.29 is 8.42 Å². The molecule has 1 atom stereocenters. The first-order valence-corrected chi connectivity index (χ1v) is 10.4. The van der Waals surface area contributed by atoms with Gasteiger partial charge in [-0.15, -0.1) is 0 Å². The van der Waals surface area contributed by atoms with Crippen molar-refractivity contribution in [2.75, 3.05) is 31.1 Å². The van der Waals surface area contributed by atoms with Crippen molar-refractivity contribution in [1.29, 1.82) is 0 Å². The summed E-state index contributed by atoms with van der Waals surface area (Å²) in [6.45, 7) is 6.77. The SMILES string of the molecule is CCC(C)c1ccc(S(=O)(=O)N2CCN(c3ccccc3)CC2)cc1. The topological polar surface area (TPSA) is 40.6 Å². The van der Waals surface area contributed by atoms with Crippen molar-refractivity contribution in [2.45, 2.75) is 31.1 Å². The van der Waals surface area contributed by atoms with Crippen LogP contribution in [-0.2, 0) is 10.0 Å². The van der Waals surface area contributed by atoms with Crippen LogP contribution in [0.1, 0.15) is 31.7 Å². The van der Waals surface area contributed by atoms with E-state index in [4.69, 9.17) is 0 Å². The van der Waals surface area contributed by atoms with E-state index < -0.39 is 10.0 Å². The second-order valence-corrected chi connectivity index (χ2v) is 8.54. The number of sulfonamides is 1. The molecule has 1 heterocycles. The predicted molar refractivity (Wildman–Crippen MR) is 103 cm³/mol. The highest BCUT2D eigenvalue weighted by Crippen LogP contribution is 2.24. The van der Waals surface area contributed by atoms with Crippen LogP contribution in [0.5, 0.6) is 0 Å². The van der Waals surface area contributed by atoms with Gasteiger partial charge in [-0.25, -0.2) is 8.42 Å². The Morgan fingerprint density at radius 2 is 1.52 bits per heavy atom. The van der Waals surface area contributed by atoms with Crippen LogP contribution in [0.4, 0.5) is 5.69 Å². The molecule has 1 fully saturated rings. The lowest BCUT2D eigenvalue weighted by molar-refractivity contribution is 0.385. The van der Waals surface area contributed by atoms with Crippen molar-refractivity contribution in [1.82, 2.24) is 4.31 Å². The quantitative estimate of drug-likeness (QED) is 0.818. The lowest BCUT2D eigenvalue weighted by Crippen LogP contribution is -2.48. The lowest BCUT2D eigenvalue weighted by atomic mass is 9.99. The largest absolute Gasteiger partial charge is 0.369 e. The monoisotopic (exact) mass is 358 g/mol. The van der Waals surface area contributed by atoms with Crippen LogP contribution in [0, 0.1) is 0 Å². The van der Waals surface area contributed by atoms with Gasteiger partial charge in [0.1, 0.15) is 0 Å². The molecule has 1 aliphatic heterocycles. The van der Waals surface area contributed by atoms with E-state index in [0.717, 1.165) is 12.1 Å². The Balaban J connectivity index is 1.69. The van der Waals surface area contributed by atoms with Gasteiger partial charge in [0, 0.05) is 31.9 Å². The fourth-order valence-corrected chi connectivity index (χ4v) is 4.60. The van der Waals surface area contributed by atoms with Crippen LogP contribution in [-0.4, -0.2) is 38.9 Å². The average molecular weight is 359 g/mol. The van der Waals surface area contributed by atoms with Gasteiger partial charge in [0.25, 0.3) is 0 Å². The fourth-order valence-electron chi connectivity index (χ4n) is 3.18. The maximum Gasteiger partial charge on any atom is 0.243 e. The first kappa shape index (κ1) is 18.0. The molecule has 5 heteroatoms. The zero-order chi connectivity index (χ0) is 17.9. The molecule has 1 saturated heterocycles. The molecule has 0 spiro atoms. The van der Waals surface area contributed by atoms with Gasteiger partial charge < -0.3 is 4.90 Å². The van der Waals surface area contributed by atoms with Gasteiger partial charge in [0.2, 0.25) is 10.0 Å². The average Bonchev–Trinajstić information content (AvgIpc) is 2.68. The molecule has 0 radical (unpaired) electrons. The zero-order valence-corrected chi connectivity index (χ0v) is 15.7. The maximum atomic E-state index is 12.9. The highest BCUT2D eigenvalue weighted by atomic mass is 32.2. The molecule has 134 valence electrons. The van der Waals surface area contributed by atoms with E-state index in [0.29, 0.717) is 37.0 Å². The Bertz CT molecular complexity index is 780. The Morgan fingerprint density at radius 1 is 0.920 bits per heavy atom. The molecular weight excluding hydrogens is 332 g/mol. The van der Waals surface area contributed by atoms with E-state index in [1.165, 1.54) is 5.56 Å². The molecule has 0 aromatic heterocycles. The van der Waals surface area contributed by atoms with Gasteiger partial charge in [0.15, 0.2) is 0 Å². The Hall–Kier alpha value is -1.85. The molecule has 0 bridgehead atoms. The van der Waals surface area contributed by atoms with E-state index in [1.807, 2.05) is 30.3 Å². The summed E-state index contributed by atoms with van der Waals surface area (Å²) in [5, 5.41) is 0. The van der Waals surface area contributed by atoms with Crippen molar-refractivity contribution in [3.63, 3.8) is 0 Å². The third-order valence-corrected chi connectivity index (χ3v) is 6.97. The second-order valence-electron chi connectivity index (χ2n) is 6.61. The first-order chi connectivity index (χ1) is 12.0. The smallest absolute Gasteiger partial charge is 0.243 e. The van der Waals surface area contributed by atoms with Crippen molar-refractivity contribution in [3.8, 4) is 0 Å². The van der Waals surface area contributed by atoms with Crippen molar-refractivity contribution in [2.24, 2.45) is 0 Å². The van der Waals surface area contributed by atoms with Crippen LogP contribution in [0.15, 0.2) is 59.5 Å². The van der Waals surface area contributed by atoms with Crippen molar-refractivity contribution >= 4 is 15.7 Å². The highest BCUT2D eigenvalue weighted by Gasteiger charge is 2.28. The zero-order valence-electron chi connectivity index (χ0n) is 14.9. The van der Waals surface area contributed by atoms with Gasteiger partial charge >= 0.3 is 0 Å². The lowest BCUT2D eigenvalue weighted by Gasteiger charge is -2.35. The van der Waals surface area contributed by atoms with Gasteiger partial charge in [0.05, 0.1) is 4.90 Å². The van der Waals surface area contributed by atoms with Gasteiger partial charge in [-0.3, -0.25) is 0 Å². The van der Waals surface area contributed by atoms with Crippen LogP contribution in [0.2, 0.25) is 0 Å². The van der Waals surface area contributed by atoms with Gasteiger partial charge in [-0.05, 0) is 42.2 Å². The van der Waals surface area contributed by atoms with Crippen LogP contribution in [0.25, 0.3) is 0 Å². The molecule has 2 aromatic carbocycles. The summed E-state index contributed by atoms with van der Waals surface area (Å²) in [5.74, 6) is 0.450. The highest BCUT2D eigenvalue weighted by molar-refractivity contribution is 7.89. The van der Waals surface area contributed by atoms with E-state index in [-0.39, 0.29) is 0 Å². The molecule has 0 aliphatic carbocycles. The first-order valence-electron chi connectivity index (χ1n) is 8.92. The number of hydrogen-bond donors (Lipinski definition) is 0. The van der Waals surface area contributed by atoms with Gasteiger partial charge in [-0.2, -0.15) is 4.31 Å². The summed E-state index contributed by atoms with van der Waals surface area (Å²) in [5.41, 5.74) is 2.34. The van der Waals surface area contributed by atoms with Crippen LogP contribution < -0.4 is 4.90 Å². The fraction of sp³-hybridized carbons (Fsp3) is 0.400. The third kappa shape index (κ3) is 3.88. The maximum absolute atomic E-state index is 12.9. The summed E-state index contributed by atoms with van der Waals surface area (Å²) in [6.07, 6.45) is 1.05. The number of nitrogens with zero attached hydrogens (tertiary/aromatic N) is 2. The van der Waals surface area contributed by atoms with Crippen molar-refractivity contribution in [3.05, 3.63) is 60.2 Å². The molecule has 3 rings (SSSR count). The number of anilines is 1. The molecule has 0 saturated carbocycles. The molecule has 25 heavy (non-hydrogen) atoms. The van der Waals surface area contributed by atoms with Crippen LogP contribution in [0.3, 0.4) is 0 Å². The second kappa shape index (κ2) is 7.58. The number of rotatable bonds is 5. The summed E-state index contributed by atoms with van der Waals surface area (Å²) < 4.78 is 27.4. The summed E-state index contributed by atoms with van der Waals surface area (Å²) in [4.78, 5) is 2.63. The summed E-state index contributed by atoms with van der Waals surface area (Å²) >= 11 is 0. The Labute approximate surface area is 151 Å². The molecule has 0 amide bonds. The Morgan fingerprint density at radius 3 is 2.08 bits per heavy atom. The number of benzene rings is 2. The van der Waals surface area contributed by atoms with E-state index in [2.05, 4.69) is 30.9 Å². The minimum Gasteiger partial charge on any atom is -0.369 e. The molecule has 0 N–H and O–H groups in total. The number of hydrogen-bond acceptors (Lipinski definition) is 3. The van der Waals surface area contributed by atoms with E-state index >= 15 is 0 Å². The standard InChI is InChI=1S/C20H26N2O2S/c1-3-17(2)18-9-11-20(12-10-18)25(23,24)22-15-13-21(14-16-22)19-7-5-4-6-8-19/h4-12,17H,3,13-16H2,1-2H3. The summed E-state index contributed by atoms with van der Waals surface area (Å²) in [7, 11) is -3.41.